The lowest BCUT2D eigenvalue weighted by molar-refractivity contribution is -0.118. The largest absolute Gasteiger partial charge is 0.497 e. The Morgan fingerprint density at radius 1 is 1.25 bits per heavy atom. The highest BCUT2D eigenvalue weighted by Crippen LogP contribution is 2.21. The van der Waals surface area contributed by atoms with Gasteiger partial charge in [0.15, 0.2) is 0 Å². The quantitative estimate of drug-likeness (QED) is 0.577. The molecule has 0 spiro atoms. The van der Waals surface area contributed by atoms with Crippen LogP contribution in [-0.2, 0) is 4.79 Å². The summed E-state index contributed by atoms with van der Waals surface area (Å²) in [6.45, 7) is 8.92. The molecule has 1 aromatic rings. The number of amides is 1. The van der Waals surface area contributed by atoms with Crippen LogP contribution in [-0.4, -0.2) is 49.8 Å². The van der Waals surface area contributed by atoms with Gasteiger partial charge < -0.3 is 15.0 Å². The molecule has 1 aliphatic rings. The van der Waals surface area contributed by atoms with Crippen molar-refractivity contribution in [3.63, 3.8) is 0 Å². The van der Waals surface area contributed by atoms with Gasteiger partial charge in [0.05, 0.1) is 12.9 Å². The smallest absolute Gasteiger partial charge is 0.230 e. The molecule has 1 saturated heterocycles. The minimum atomic E-state index is 0.108. The molecule has 1 N–H and O–H groups in total. The number of carbonyl (C=O) groups excluding carboxylic acids is 1. The molecule has 1 amide bonds. The molecule has 1 fully saturated rings. The lowest BCUT2D eigenvalue weighted by atomic mass is 9.92. The predicted octanol–water partition coefficient (Wildman–Crippen LogP) is 3.27. The van der Waals surface area contributed by atoms with E-state index in [-0.39, 0.29) is 5.91 Å². The maximum absolute atomic E-state index is 11.9. The fourth-order valence-corrected chi connectivity index (χ4v) is 4.11. The highest BCUT2D eigenvalue weighted by molar-refractivity contribution is 8.00. The summed E-state index contributed by atoms with van der Waals surface area (Å²) in [6, 6.07) is 7.80. The van der Waals surface area contributed by atoms with Crippen LogP contribution >= 0.6 is 11.8 Å². The second-order valence-corrected chi connectivity index (χ2v) is 7.92. The first-order valence-corrected chi connectivity index (χ1v) is 9.81. The number of benzene rings is 1. The number of carbonyl (C=O) groups is 1. The Morgan fingerprint density at radius 3 is 2.54 bits per heavy atom. The lowest BCUT2D eigenvalue weighted by Crippen LogP contribution is -2.40. The summed E-state index contributed by atoms with van der Waals surface area (Å²) in [5.74, 6) is 3.00. The average Bonchev–Trinajstić information content (AvgIpc) is 2.56. The van der Waals surface area contributed by atoms with E-state index in [0.29, 0.717) is 5.75 Å². The molecule has 134 valence electrons. The van der Waals surface area contributed by atoms with Crippen LogP contribution < -0.4 is 10.1 Å². The Bertz CT molecular complexity index is 497. The summed E-state index contributed by atoms with van der Waals surface area (Å²) in [5.41, 5.74) is 0. The fourth-order valence-electron chi connectivity index (χ4n) is 3.38. The van der Waals surface area contributed by atoms with Crippen molar-refractivity contribution in [1.82, 2.24) is 10.2 Å². The number of thioether (sulfide) groups is 1. The summed E-state index contributed by atoms with van der Waals surface area (Å²) in [6.07, 6.45) is 2.37. The van der Waals surface area contributed by atoms with E-state index in [0.717, 1.165) is 42.0 Å². The fraction of sp³-hybridized carbons (Fsp3) is 0.632. The van der Waals surface area contributed by atoms with Crippen molar-refractivity contribution < 1.29 is 9.53 Å². The van der Waals surface area contributed by atoms with Crippen LogP contribution in [0.2, 0.25) is 0 Å². The highest BCUT2D eigenvalue weighted by Gasteiger charge is 2.20. The van der Waals surface area contributed by atoms with Crippen molar-refractivity contribution >= 4 is 17.7 Å². The van der Waals surface area contributed by atoms with Crippen molar-refractivity contribution in [3.8, 4) is 5.75 Å². The maximum Gasteiger partial charge on any atom is 0.230 e. The van der Waals surface area contributed by atoms with Crippen molar-refractivity contribution in [3.05, 3.63) is 24.3 Å². The van der Waals surface area contributed by atoms with Gasteiger partial charge in [-0.2, -0.15) is 0 Å². The molecule has 0 saturated carbocycles. The number of methoxy groups -OCH3 is 1. The van der Waals surface area contributed by atoms with Gasteiger partial charge in [0, 0.05) is 24.5 Å². The van der Waals surface area contributed by atoms with Crippen LogP contribution in [0.25, 0.3) is 0 Å². The van der Waals surface area contributed by atoms with Gasteiger partial charge in [-0.15, -0.1) is 11.8 Å². The SMILES string of the molecule is COc1ccc(SCC(=O)NCCCN2C[C@H](C)C[C@H](C)C2)cc1. The number of hydrogen-bond donors (Lipinski definition) is 1. The zero-order valence-electron chi connectivity index (χ0n) is 15.1. The molecule has 24 heavy (non-hydrogen) atoms. The number of hydrogen-bond acceptors (Lipinski definition) is 4. The van der Waals surface area contributed by atoms with Crippen LogP contribution in [0.1, 0.15) is 26.7 Å². The minimum absolute atomic E-state index is 0.108. The second kappa shape index (κ2) is 9.94. The van der Waals surface area contributed by atoms with E-state index in [2.05, 4.69) is 24.1 Å². The summed E-state index contributed by atoms with van der Waals surface area (Å²) in [7, 11) is 1.65. The third kappa shape index (κ3) is 6.73. The molecule has 1 aromatic carbocycles. The van der Waals surface area contributed by atoms with Crippen molar-refractivity contribution in [2.45, 2.75) is 31.6 Å². The van der Waals surface area contributed by atoms with Crippen molar-refractivity contribution in [1.29, 1.82) is 0 Å². The molecule has 2 rings (SSSR count). The third-order valence-electron chi connectivity index (χ3n) is 4.35. The molecule has 0 bridgehead atoms. The Hall–Kier alpha value is -1.20. The molecule has 0 aromatic heterocycles. The Morgan fingerprint density at radius 2 is 1.92 bits per heavy atom. The molecule has 5 heteroatoms. The van der Waals surface area contributed by atoms with Gasteiger partial charge >= 0.3 is 0 Å². The van der Waals surface area contributed by atoms with E-state index >= 15 is 0 Å². The Balaban J connectivity index is 1.57. The van der Waals surface area contributed by atoms with Crippen LogP contribution in [0, 0.1) is 11.8 Å². The Kier molecular flexibility index (Phi) is 7.92. The second-order valence-electron chi connectivity index (χ2n) is 6.87. The number of piperidine rings is 1. The summed E-state index contributed by atoms with van der Waals surface area (Å²) >= 11 is 1.56. The van der Waals surface area contributed by atoms with Gasteiger partial charge in [0.25, 0.3) is 0 Å². The normalized spacial score (nSPS) is 21.5. The van der Waals surface area contributed by atoms with Gasteiger partial charge in [0.1, 0.15) is 5.75 Å². The number of nitrogens with one attached hydrogen (secondary N) is 1. The zero-order valence-corrected chi connectivity index (χ0v) is 15.9. The van der Waals surface area contributed by atoms with E-state index in [1.165, 1.54) is 19.5 Å². The highest BCUT2D eigenvalue weighted by atomic mass is 32.2. The zero-order chi connectivity index (χ0) is 17.4. The minimum Gasteiger partial charge on any atom is -0.497 e. The van der Waals surface area contributed by atoms with Crippen LogP contribution in [0.4, 0.5) is 0 Å². The number of nitrogens with zero attached hydrogens (tertiary/aromatic N) is 1. The van der Waals surface area contributed by atoms with Gasteiger partial charge in [-0.05, 0) is 55.5 Å². The predicted molar refractivity (Wildman–Crippen MR) is 101 cm³/mol. The van der Waals surface area contributed by atoms with Crippen molar-refractivity contribution in [2.75, 3.05) is 39.0 Å². The summed E-state index contributed by atoms with van der Waals surface area (Å²) in [4.78, 5) is 15.5. The first-order valence-electron chi connectivity index (χ1n) is 8.82. The molecule has 1 heterocycles. The van der Waals surface area contributed by atoms with Gasteiger partial charge in [-0.1, -0.05) is 13.8 Å². The van der Waals surface area contributed by atoms with E-state index < -0.39 is 0 Å². The van der Waals surface area contributed by atoms with Crippen LogP contribution in [0.5, 0.6) is 5.75 Å². The molecule has 0 unspecified atom stereocenters. The van der Waals surface area contributed by atoms with Gasteiger partial charge in [-0.25, -0.2) is 0 Å². The molecular weight excluding hydrogens is 320 g/mol. The number of ether oxygens (including phenoxy) is 1. The molecule has 0 radical (unpaired) electrons. The van der Waals surface area contributed by atoms with E-state index in [1.54, 1.807) is 18.9 Å². The topological polar surface area (TPSA) is 41.6 Å². The lowest BCUT2D eigenvalue weighted by Gasteiger charge is -2.34. The van der Waals surface area contributed by atoms with Crippen LogP contribution in [0.3, 0.4) is 0 Å². The van der Waals surface area contributed by atoms with Gasteiger partial charge in [-0.3, -0.25) is 4.79 Å². The summed E-state index contributed by atoms with van der Waals surface area (Å²) in [5, 5.41) is 3.03. The van der Waals surface area contributed by atoms with E-state index in [9.17, 15) is 4.79 Å². The molecule has 1 aliphatic heterocycles. The van der Waals surface area contributed by atoms with Gasteiger partial charge in [0.2, 0.25) is 5.91 Å². The molecule has 2 atom stereocenters. The monoisotopic (exact) mass is 350 g/mol. The van der Waals surface area contributed by atoms with Crippen molar-refractivity contribution in [2.24, 2.45) is 11.8 Å². The third-order valence-corrected chi connectivity index (χ3v) is 5.36. The molecular formula is C19H30N2O2S. The first kappa shape index (κ1) is 19.1. The van der Waals surface area contributed by atoms with E-state index in [4.69, 9.17) is 4.74 Å². The average molecular weight is 351 g/mol. The molecule has 0 aliphatic carbocycles. The molecule has 4 nitrogen and oxygen atoms in total. The Labute approximate surface area is 150 Å². The summed E-state index contributed by atoms with van der Waals surface area (Å²) < 4.78 is 5.13. The number of likely N-dealkylation sites (tertiary alicyclic amines) is 1. The first-order chi connectivity index (χ1) is 11.6. The van der Waals surface area contributed by atoms with E-state index in [1.807, 2.05) is 24.3 Å². The maximum atomic E-state index is 11.9. The number of rotatable bonds is 8. The van der Waals surface area contributed by atoms with Crippen LogP contribution in [0.15, 0.2) is 29.2 Å². The standard InChI is InChI=1S/C19H30N2O2S/c1-15-11-16(2)13-21(12-15)10-4-9-20-19(22)14-24-18-7-5-17(23-3)6-8-18/h5-8,15-16H,4,9-14H2,1-3H3,(H,20,22)/t15-,16+.